The quantitative estimate of drug-likeness (QED) is 0.666. The van der Waals surface area contributed by atoms with Crippen molar-refractivity contribution in [3.63, 3.8) is 0 Å². The first-order valence-corrected chi connectivity index (χ1v) is 6.74. The highest BCUT2D eigenvalue weighted by Crippen LogP contribution is 2.29. The minimum atomic E-state index is -0.428. The lowest BCUT2D eigenvalue weighted by molar-refractivity contribution is -0.385. The molecule has 0 amide bonds. The molecule has 21 heavy (non-hydrogen) atoms. The molecule has 0 spiro atoms. The number of piperidine rings is 1. The maximum absolute atomic E-state index is 10.8. The molecule has 9 heteroatoms. The van der Waals surface area contributed by atoms with Crippen LogP contribution in [0.25, 0.3) is 0 Å². The van der Waals surface area contributed by atoms with Gasteiger partial charge >= 0.3 is 0 Å². The lowest BCUT2D eigenvalue weighted by Gasteiger charge is -2.32. The van der Waals surface area contributed by atoms with Crippen LogP contribution in [0, 0.1) is 17.0 Å². The largest absolute Gasteiger partial charge is 0.356 e. The van der Waals surface area contributed by atoms with Crippen LogP contribution >= 0.6 is 0 Å². The second-order valence-corrected chi connectivity index (χ2v) is 5.15. The van der Waals surface area contributed by atoms with Crippen LogP contribution in [-0.2, 0) is 0 Å². The topological polar surface area (TPSA) is 114 Å². The van der Waals surface area contributed by atoms with Gasteiger partial charge in [-0.2, -0.15) is 5.21 Å². The highest BCUT2D eigenvalue weighted by molar-refractivity contribution is 5.51. The number of pyridine rings is 1. The molecule has 1 fully saturated rings. The highest BCUT2D eigenvalue weighted by Gasteiger charge is 2.26. The van der Waals surface area contributed by atoms with Gasteiger partial charge in [0.15, 0.2) is 5.82 Å². The summed E-state index contributed by atoms with van der Waals surface area (Å²) in [5.41, 5.74) is 0.820. The van der Waals surface area contributed by atoms with Crippen LogP contribution in [0.15, 0.2) is 12.3 Å². The number of tetrazole rings is 1. The molecule has 2 aromatic rings. The third kappa shape index (κ3) is 2.67. The first-order chi connectivity index (χ1) is 10.1. The number of H-pyrrole nitrogens is 1. The molecule has 0 bridgehead atoms. The number of aryl methyl sites for hydroxylation is 1. The van der Waals surface area contributed by atoms with Gasteiger partial charge in [-0.25, -0.2) is 4.98 Å². The van der Waals surface area contributed by atoms with Crippen molar-refractivity contribution in [2.75, 3.05) is 18.0 Å². The fourth-order valence-corrected chi connectivity index (χ4v) is 2.71. The number of aromatic amines is 1. The normalized spacial score (nSPS) is 18.7. The smallest absolute Gasteiger partial charge is 0.287 e. The van der Waals surface area contributed by atoms with E-state index in [1.54, 1.807) is 6.07 Å². The molecule has 9 nitrogen and oxygen atoms in total. The van der Waals surface area contributed by atoms with Gasteiger partial charge in [0.25, 0.3) is 5.69 Å². The summed E-state index contributed by atoms with van der Waals surface area (Å²) in [6.07, 6.45) is 3.31. The fourth-order valence-electron chi connectivity index (χ4n) is 2.71. The number of aromatic nitrogens is 5. The number of nitro groups is 1. The zero-order valence-electron chi connectivity index (χ0n) is 11.6. The van der Waals surface area contributed by atoms with Gasteiger partial charge in [-0.05, 0) is 25.3 Å². The molecule has 0 aromatic carbocycles. The van der Waals surface area contributed by atoms with Gasteiger partial charge in [-0.1, -0.05) is 5.21 Å². The van der Waals surface area contributed by atoms with E-state index in [9.17, 15) is 10.1 Å². The Hall–Kier alpha value is -2.58. The Bertz CT molecular complexity index is 643. The summed E-state index contributed by atoms with van der Waals surface area (Å²) in [5, 5.41) is 24.9. The van der Waals surface area contributed by atoms with E-state index in [-0.39, 0.29) is 11.6 Å². The molecule has 1 N–H and O–H groups in total. The van der Waals surface area contributed by atoms with E-state index in [1.807, 2.05) is 6.92 Å². The van der Waals surface area contributed by atoms with Gasteiger partial charge in [0.05, 0.1) is 4.92 Å². The molecule has 0 aliphatic carbocycles. The lowest BCUT2D eigenvalue weighted by Crippen LogP contribution is -2.35. The van der Waals surface area contributed by atoms with Gasteiger partial charge < -0.3 is 4.90 Å². The third-order valence-electron chi connectivity index (χ3n) is 3.69. The van der Waals surface area contributed by atoms with Crippen LogP contribution in [0.5, 0.6) is 0 Å². The molecule has 0 saturated carbocycles. The Balaban J connectivity index is 1.82. The van der Waals surface area contributed by atoms with Crippen LogP contribution in [0.2, 0.25) is 0 Å². The lowest BCUT2D eigenvalue weighted by atomic mass is 9.97. The summed E-state index contributed by atoms with van der Waals surface area (Å²) in [5.74, 6) is 1.70. The average Bonchev–Trinajstić information content (AvgIpc) is 3.01. The monoisotopic (exact) mass is 289 g/mol. The van der Waals surface area contributed by atoms with E-state index in [0.717, 1.165) is 37.3 Å². The standard InChI is InChI=1S/C12H15N7O2/c1-8-5-10(19(20)21)6-13-12(8)18-4-2-3-9(7-18)11-14-16-17-15-11/h5-6,9H,2-4,7H2,1H3,(H,14,15,16,17)/t9-/m1/s1. The van der Waals surface area contributed by atoms with Crippen molar-refractivity contribution >= 4 is 11.5 Å². The summed E-state index contributed by atoms with van der Waals surface area (Å²) in [6, 6.07) is 1.56. The molecule has 1 saturated heterocycles. The van der Waals surface area contributed by atoms with Gasteiger partial charge in [-0.3, -0.25) is 10.1 Å². The van der Waals surface area contributed by atoms with E-state index >= 15 is 0 Å². The molecule has 3 heterocycles. The van der Waals surface area contributed by atoms with E-state index in [1.165, 1.54) is 6.20 Å². The summed E-state index contributed by atoms with van der Waals surface area (Å²) < 4.78 is 0. The summed E-state index contributed by atoms with van der Waals surface area (Å²) >= 11 is 0. The van der Waals surface area contributed by atoms with Crippen LogP contribution in [0.1, 0.15) is 30.1 Å². The van der Waals surface area contributed by atoms with Crippen molar-refractivity contribution in [2.24, 2.45) is 0 Å². The molecule has 1 aliphatic rings. The van der Waals surface area contributed by atoms with E-state index in [4.69, 9.17) is 0 Å². The van der Waals surface area contributed by atoms with Crippen molar-refractivity contribution in [1.82, 2.24) is 25.6 Å². The van der Waals surface area contributed by atoms with E-state index in [2.05, 4.69) is 30.5 Å². The first kappa shape index (κ1) is 13.4. The van der Waals surface area contributed by atoms with Crippen LogP contribution in [-0.4, -0.2) is 43.6 Å². The Labute approximate surface area is 120 Å². The fraction of sp³-hybridized carbons (Fsp3) is 0.500. The molecule has 0 radical (unpaired) electrons. The number of nitrogens with one attached hydrogen (secondary N) is 1. The molecule has 3 rings (SSSR count). The van der Waals surface area contributed by atoms with Crippen molar-refractivity contribution in [3.8, 4) is 0 Å². The predicted molar refractivity (Wildman–Crippen MR) is 74.0 cm³/mol. The number of anilines is 1. The second kappa shape index (κ2) is 5.43. The van der Waals surface area contributed by atoms with E-state index < -0.39 is 4.92 Å². The van der Waals surface area contributed by atoms with Crippen molar-refractivity contribution in [3.05, 3.63) is 33.8 Å². The third-order valence-corrected chi connectivity index (χ3v) is 3.69. The minimum absolute atomic E-state index is 0.0166. The maximum Gasteiger partial charge on any atom is 0.287 e. The Kier molecular flexibility index (Phi) is 3.46. The zero-order chi connectivity index (χ0) is 14.8. The molecule has 2 aromatic heterocycles. The number of hydrogen-bond acceptors (Lipinski definition) is 7. The summed E-state index contributed by atoms with van der Waals surface area (Å²) in [4.78, 5) is 16.7. The van der Waals surface area contributed by atoms with Crippen molar-refractivity contribution in [1.29, 1.82) is 0 Å². The van der Waals surface area contributed by atoms with Crippen LogP contribution < -0.4 is 4.90 Å². The zero-order valence-corrected chi connectivity index (χ0v) is 11.6. The Morgan fingerprint density at radius 2 is 2.38 bits per heavy atom. The van der Waals surface area contributed by atoms with Gasteiger partial charge in [-0.15, -0.1) is 10.2 Å². The predicted octanol–water partition coefficient (Wildman–Crippen LogP) is 1.20. The SMILES string of the molecule is Cc1cc([N+](=O)[O-])cnc1N1CCC[C@@H](c2nn[nH]n2)C1. The van der Waals surface area contributed by atoms with Gasteiger partial charge in [0.2, 0.25) is 0 Å². The molecule has 1 aliphatic heterocycles. The molecule has 110 valence electrons. The minimum Gasteiger partial charge on any atom is -0.356 e. The number of rotatable bonds is 3. The average molecular weight is 289 g/mol. The van der Waals surface area contributed by atoms with Crippen LogP contribution in [0.4, 0.5) is 11.5 Å². The summed E-state index contributed by atoms with van der Waals surface area (Å²) in [6.45, 7) is 3.46. The van der Waals surface area contributed by atoms with Crippen molar-refractivity contribution in [2.45, 2.75) is 25.7 Å². The molecule has 1 atom stereocenters. The highest BCUT2D eigenvalue weighted by atomic mass is 16.6. The molecular weight excluding hydrogens is 274 g/mol. The molecular formula is C12H15N7O2. The molecule has 0 unspecified atom stereocenters. The van der Waals surface area contributed by atoms with E-state index in [0.29, 0.717) is 5.82 Å². The first-order valence-electron chi connectivity index (χ1n) is 6.74. The summed E-state index contributed by atoms with van der Waals surface area (Å²) in [7, 11) is 0. The Morgan fingerprint density at radius 1 is 1.52 bits per heavy atom. The maximum atomic E-state index is 10.8. The second-order valence-electron chi connectivity index (χ2n) is 5.15. The Morgan fingerprint density at radius 3 is 3.05 bits per heavy atom. The van der Waals surface area contributed by atoms with Crippen molar-refractivity contribution < 1.29 is 4.92 Å². The number of nitrogens with zero attached hydrogens (tertiary/aromatic N) is 6. The van der Waals surface area contributed by atoms with Gasteiger partial charge in [0, 0.05) is 25.1 Å². The number of hydrogen-bond donors (Lipinski definition) is 1. The van der Waals surface area contributed by atoms with Crippen LogP contribution in [0.3, 0.4) is 0 Å². The van der Waals surface area contributed by atoms with Gasteiger partial charge in [0.1, 0.15) is 12.0 Å².